The zero-order valence-electron chi connectivity index (χ0n) is 6.62. The lowest BCUT2D eigenvalue weighted by atomic mass is 10.1. The highest BCUT2D eigenvalue weighted by molar-refractivity contribution is 5.64. The highest BCUT2D eigenvalue weighted by atomic mass is 14.6. The zero-order valence-corrected chi connectivity index (χ0v) is 6.62. The van der Waals surface area contributed by atoms with Gasteiger partial charge in [0.05, 0.1) is 0 Å². The average Bonchev–Trinajstić information content (AvgIpc) is 2.58. The van der Waals surface area contributed by atoms with Gasteiger partial charge in [-0.25, -0.2) is 0 Å². The van der Waals surface area contributed by atoms with Crippen LogP contribution in [-0.2, 0) is 0 Å². The molecule has 0 amide bonds. The fraction of sp³-hybridized carbons (Fsp3) is 0. The molecule has 0 bridgehead atoms. The molecule has 1 aromatic carbocycles. The number of benzene rings is 1. The molecule has 0 saturated heterocycles. The second-order valence-corrected chi connectivity index (χ2v) is 2.72. The summed E-state index contributed by atoms with van der Waals surface area (Å²) in [6.07, 6.45) is 3.87. The molecule has 0 unspecified atom stereocenters. The third-order valence-corrected chi connectivity index (χ3v) is 1.84. The van der Waals surface area contributed by atoms with Crippen LogP contribution in [0.3, 0.4) is 0 Å². The Bertz CT molecular complexity index is 346. The van der Waals surface area contributed by atoms with E-state index in [-0.39, 0.29) is 0 Å². The van der Waals surface area contributed by atoms with E-state index < -0.39 is 0 Å². The fourth-order valence-corrected chi connectivity index (χ4v) is 1.18. The van der Waals surface area contributed by atoms with Crippen molar-refractivity contribution in [3.63, 3.8) is 0 Å². The molecule has 60 valence electrons. The van der Waals surface area contributed by atoms with Crippen LogP contribution in [0, 0.1) is 0 Å². The van der Waals surface area contributed by atoms with Gasteiger partial charge in [-0.1, -0.05) is 12.1 Å². The zero-order chi connectivity index (χ0) is 8.39. The van der Waals surface area contributed by atoms with Crippen molar-refractivity contribution in [2.24, 2.45) is 0 Å². The summed E-state index contributed by atoms with van der Waals surface area (Å²) >= 11 is 0. The molecule has 0 radical (unpaired) electrons. The van der Waals surface area contributed by atoms with Crippen molar-refractivity contribution < 1.29 is 0 Å². The smallest absolute Gasteiger partial charge is 0.0314 e. The molecule has 2 aromatic rings. The quantitative estimate of drug-likeness (QED) is 0.614. The summed E-state index contributed by atoms with van der Waals surface area (Å²) < 4.78 is 0. The fourth-order valence-electron chi connectivity index (χ4n) is 1.18. The van der Waals surface area contributed by atoms with Gasteiger partial charge in [-0.05, 0) is 29.3 Å². The van der Waals surface area contributed by atoms with Gasteiger partial charge < -0.3 is 10.7 Å². The van der Waals surface area contributed by atoms with Crippen molar-refractivity contribution >= 4 is 5.69 Å². The Balaban J connectivity index is 2.43. The second-order valence-electron chi connectivity index (χ2n) is 2.72. The van der Waals surface area contributed by atoms with Crippen LogP contribution in [-0.4, -0.2) is 4.98 Å². The number of aromatic amines is 1. The highest BCUT2D eigenvalue weighted by Crippen LogP contribution is 2.19. The molecule has 2 nitrogen and oxygen atoms in total. The summed E-state index contributed by atoms with van der Waals surface area (Å²) in [6, 6.07) is 9.87. The number of H-pyrrole nitrogens is 1. The maximum Gasteiger partial charge on any atom is 0.0314 e. The number of nitrogens with one attached hydrogen (secondary N) is 1. The molecule has 12 heavy (non-hydrogen) atoms. The molecule has 0 aliphatic rings. The van der Waals surface area contributed by atoms with Gasteiger partial charge in [0.2, 0.25) is 0 Å². The van der Waals surface area contributed by atoms with Crippen LogP contribution in [0.25, 0.3) is 11.1 Å². The van der Waals surface area contributed by atoms with Crippen LogP contribution in [0.5, 0.6) is 0 Å². The maximum absolute atomic E-state index is 5.57. The van der Waals surface area contributed by atoms with Crippen molar-refractivity contribution in [1.82, 2.24) is 4.98 Å². The molecule has 1 aromatic heterocycles. The van der Waals surface area contributed by atoms with E-state index in [1.54, 1.807) is 0 Å². The van der Waals surface area contributed by atoms with Crippen LogP contribution in [0.2, 0.25) is 0 Å². The number of rotatable bonds is 1. The van der Waals surface area contributed by atoms with Crippen LogP contribution < -0.4 is 5.73 Å². The number of anilines is 1. The van der Waals surface area contributed by atoms with Crippen molar-refractivity contribution in [3.8, 4) is 11.1 Å². The summed E-state index contributed by atoms with van der Waals surface area (Å²) in [5.41, 5.74) is 8.75. The summed E-state index contributed by atoms with van der Waals surface area (Å²) in [4.78, 5) is 3.01. The molecule has 0 saturated carbocycles. The lowest BCUT2D eigenvalue weighted by Gasteiger charge is -1.97. The first-order chi connectivity index (χ1) is 5.86. The summed E-state index contributed by atoms with van der Waals surface area (Å²) in [7, 11) is 0. The SMILES string of the molecule is Nc1ccc(-c2cc[nH]c2)cc1. The molecular weight excluding hydrogens is 148 g/mol. The molecule has 0 atom stereocenters. The Kier molecular flexibility index (Phi) is 1.59. The lowest BCUT2D eigenvalue weighted by molar-refractivity contribution is 1.41. The first kappa shape index (κ1) is 6.98. The third-order valence-electron chi connectivity index (χ3n) is 1.84. The predicted octanol–water partition coefficient (Wildman–Crippen LogP) is 2.26. The van der Waals surface area contributed by atoms with E-state index in [9.17, 15) is 0 Å². The van der Waals surface area contributed by atoms with Gasteiger partial charge in [0.15, 0.2) is 0 Å². The lowest BCUT2D eigenvalue weighted by Crippen LogP contribution is -1.82. The van der Waals surface area contributed by atoms with E-state index >= 15 is 0 Å². The molecule has 3 N–H and O–H groups in total. The summed E-state index contributed by atoms with van der Waals surface area (Å²) in [5, 5.41) is 0. The number of nitrogens with two attached hydrogens (primary N) is 1. The Morgan fingerprint density at radius 3 is 2.25 bits per heavy atom. The Labute approximate surface area is 71.0 Å². The maximum atomic E-state index is 5.57. The van der Waals surface area contributed by atoms with E-state index in [1.165, 1.54) is 11.1 Å². The molecule has 2 heteroatoms. The normalized spacial score (nSPS) is 10.0. The van der Waals surface area contributed by atoms with Crippen LogP contribution in [0.1, 0.15) is 0 Å². The van der Waals surface area contributed by atoms with E-state index in [4.69, 9.17) is 5.73 Å². The Hall–Kier alpha value is -1.70. The largest absolute Gasteiger partial charge is 0.399 e. The van der Waals surface area contributed by atoms with Crippen LogP contribution in [0.4, 0.5) is 5.69 Å². The van der Waals surface area contributed by atoms with E-state index in [2.05, 4.69) is 4.98 Å². The minimum absolute atomic E-state index is 0.800. The van der Waals surface area contributed by atoms with Gasteiger partial charge in [0.25, 0.3) is 0 Å². The molecule has 0 fully saturated rings. The van der Waals surface area contributed by atoms with Gasteiger partial charge in [-0.15, -0.1) is 0 Å². The second kappa shape index (κ2) is 2.74. The molecule has 2 rings (SSSR count). The van der Waals surface area contributed by atoms with E-state index in [0.717, 1.165) is 5.69 Å². The summed E-state index contributed by atoms with van der Waals surface area (Å²) in [5.74, 6) is 0. The molecular formula is C10H10N2. The topological polar surface area (TPSA) is 41.8 Å². The highest BCUT2D eigenvalue weighted by Gasteiger charge is 1.95. The van der Waals surface area contributed by atoms with Crippen LogP contribution in [0.15, 0.2) is 42.7 Å². The van der Waals surface area contributed by atoms with Gasteiger partial charge in [0.1, 0.15) is 0 Å². The van der Waals surface area contributed by atoms with Gasteiger partial charge in [-0.2, -0.15) is 0 Å². The molecule has 0 spiro atoms. The molecule has 1 heterocycles. The first-order valence-corrected chi connectivity index (χ1v) is 3.85. The van der Waals surface area contributed by atoms with Crippen LogP contribution >= 0.6 is 0 Å². The van der Waals surface area contributed by atoms with Crippen molar-refractivity contribution in [1.29, 1.82) is 0 Å². The van der Waals surface area contributed by atoms with E-state index in [0.29, 0.717) is 0 Å². The third kappa shape index (κ3) is 1.19. The Morgan fingerprint density at radius 2 is 1.67 bits per heavy atom. The summed E-state index contributed by atoms with van der Waals surface area (Å²) in [6.45, 7) is 0. The number of aromatic nitrogens is 1. The Morgan fingerprint density at radius 1 is 0.917 bits per heavy atom. The van der Waals surface area contributed by atoms with Gasteiger partial charge in [-0.3, -0.25) is 0 Å². The first-order valence-electron chi connectivity index (χ1n) is 3.85. The van der Waals surface area contributed by atoms with E-state index in [1.807, 2.05) is 42.7 Å². The van der Waals surface area contributed by atoms with Crippen molar-refractivity contribution in [2.75, 3.05) is 5.73 Å². The standard InChI is InChI=1S/C10H10N2/c11-10-3-1-8(2-4-10)9-5-6-12-7-9/h1-7,12H,11H2. The van der Waals surface area contributed by atoms with Gasteiger partial charge >= 0.3 is 0 Å². The number of hydrogen-bond donors (Lipinski definition) is 2. The predicted molar refractivity (Wildman–Crippen MR) is 50.6 cm³/mol. The average molecular weight is 158 g/mol. The van der Waals surface area contributed by atoms with Crippen molar-refractivity contribution in [3.05, 3.63) is 42.7 Å². The minimum Gasteiger partial charge on any atom is -0.399 e. The molecule has 0 aliphatic heterocycles. The number of hydrogen-bond acceptors (Lipinski definition) is 1. The molecule has 0 aliphatic carbocycles. The van der Waals surface area contributed by atoms with Gasteiger partial charge in [0, 0.05) is 18.1 Å². The number of nitrogen functional groups attached to an aromatic ring is 1. The minimum atomic E-state index is 0.800. The monoisotopic (exact) mass is 158 g/mol. The van der Waals surface area contributed by atoms with Crippen molar-refractivity contribution in [2.45, 2.75) is 0 Å².